The number of pyridine rings is 1. The number of aryl methyl sites for hydroxylation is 1. The first-order valence-electron chi connectivity index (χ1n) is 7.21. The fraction of sp³-hybridized carbons (Fsp3) is 0.333. The van der Waals surface area contributed by atoms with Crippen LogP contribution >= 0.6 is 0 Å². The Labute approximate surface area is 131 Å². The molecule has 0 aliphatic rings. The number of hydrogen-bond acceptors (Lipinski definition) is 5. The van der Waals surface area contributed by atoms with Crippen LogP contribution < -0.4 is 16.0 Å². The van der Waals surface area contributed by atoms with Gasteiger partial charge in [-0.2, -0.15) is 0 Å². The first-order valence-corrected chi connectivity index (χ1v) is 7.21. The smallest absolute Gasteiger partial charge is 0.332 e. The standard InChI is InChI=1S/C15H17N5O3/c1-4-23-11-6-5-10(16-7-11)8-20-9-17-13-12(20)14(21)19(3)15(22)18(13)2/h5-7,9H,4,8H2,1-3H3. The Morgan fingerprint density at radius 3 is 2.57 bits per heavy atom. The van der Waals surface area contributed by atoms with Gasteiger partial charge < -0.3 is 9.30 Å². The van der Waals surface area contributed by atoms with E-state index in [2.05, 4.69) is 9.97 Å². The lowest BCUT2D eigenvalue weighted by atomic mass is 10.3. The lowest BCUT2D eigenvalue weighted by molar-refractivity contribution is 0.338. The summed E-state index contributed by atoms with van der Waals surface area (Å²) in [6, 6.07) is 3.67. The Morgan fingerprint density at radius 2 is 1.91 bits per heavy atom. The molecule has 8 heteroatoms. The second-order valence-electron chi connectivity index (χ2n) is 5.17. The van der Waals surface area contributed by atoms with Crippen LogP contribution in [0, 0.1) is 0 Å². The van der Waals surface area contributed by atoms with Gasteiger partial charge >= 0.3 is 5.69 Å². The number of fused-ring (bicyclic) bond motifs is 1. The van der Waals surface area contributed by atoms with E-state index in [0.29, 0.717) is 30.1 Å². The largest absolute Gasteiger partial charge is 0.492 e. The van der Waals surface area contributed by atoms with Gasteiger partial charge in [0, 0.05) is 14.1 Å². The summed E-state index contributed by atoms with van der Waals surface area (Å²) in [4.78, 5) is 32.8. The third kappa shape index (κ3) is 2.52. The van der Waals surface area contributed by atoms with Crippen LogP contribution in [0.25, 0.3) is 11.2 Å². The molecule has 0 aromatic carbocycles. The molecule has 120 valence electrons. The zero-order chi connectivity index (χ0) is 16.6. The minimum absolute atomic E-state index is 0.365. The molecular formula is C15H17N5O3. The highest BCUT2D eigenvalue weighted by Crippen LogP contribution is 2.12. The van der Waals surface area contributed by atoms with Crippen LogP contribution in [0.3, 0.4) is 0 Å². The molecule has 3 rings (SSSR count). The van der Waals surface area contributed by atoms with Crippen LogP contribution in [-0.2, 0) is 20.6 Å². The van der Waals surface area contributed by atoms with Gasteiger partial charge in [-0.25, -0.2) is 9.78 Å². The Hall–Kier alpha value is -2.90. The zero-order valence-corrected chi connectivity index (χ0v) is 13.2. The van der Waals surface area contributed by atoms with Crippen molar-refractivity contribution in [3.8, 4) is 5.75 Å². The highest BCUT2D eigenvalue weighted by Gasteiger charge is 2.14. The minimum atomic E-state index is -0.396. The van der Waals surface area contributed by atoms with Gasteiger partial charge in [0.15, 0.2) is 11.2 Å². The Bertz CT molecular complexity index is 966. The van der Waals surface area contributed by atoms with Crippen molar-refractivity contribution < 1.29 is 4.74 Å². The summed E-state index contributed by atoms with van der Waals surface area (Å²) in [7, 11) is 3.05. The first kappa shape index (κ1) is 15.0. The van der Waals surface area contributed by atoms with Gasteiger partial charge in [0.2, 0.25) is 0 Å². The van der Waals surface area contributed by atoms with E-state index in [9.17, 15) is 9.59 Å². The van der Waals surface area contributed by atoms with Crippen LogP contribution in [0.5, 0.6) is 5.75 Å². The van der Waals surface area contributed by atoms with E-state index in [1.165, 1.54) is 11.6 Å². The Kier molecular flexibility index (Phi) is 3.73. The third-order valence-corrected chi connectivity index (χ3v) is 3.66. The highest BCUT2D eigenvalue weighted by molar-refractivity contribution is 5.70. The molecule has 3 aromatic heterocycles. The average molecular weight is 315 g/mol. The van der Waals surface area contributed by atoms with Gasteiger partial charge in [-0.1, -0.05) is 0 Å². The van der Waals surface area contributed by atoms with Crippen molar-refractivity contribution in [3.05, 3.63) is 51.2 Å². The second kappa shape index (κ2) is 5.71. The monoisotopic (exact) mass is 315 g/mol. The summed E-state index contributed by atoms with van der Waals surface area (Å²) in [5, 5.41) is 0. The summed E-state index contributed by atoms with van der Waals surface area (Å²) in [6.07, 6.45) is 3.19. The van der Waals surface area contributed by atoms with E-state index in [-0.39, 0.29) is 5.56 Å². The molecule has 3 aromatic rings. The van der Waals surface area contributed by atoms with E-state index >= 15 is 0 Å². The van der Waals surface area contributed by atoms with Crippen molar-refractivity contribution in [1.29, 1.82) is 0 Å². The number of aromatic nitrogens is 5. The normalized spacial score (nSPS) is 11.1. The lowest BCUT2D eigenvalue weighted by Crippen LogP contribution is -2.37. The maximum Gasteiger partial charge on any atom is 0.332 e. The molecule has 0 aliphatic carbocycles. The molecule has 0 unspecified atom stereocenters. The van der Waals surface area contributed by atoms with E-state index in [4.69, 9.17) is 4.74 Å². The molecule has 0 amide bonds. The van der Waals surface area contributed by atoms with Crippen molar-refractivity contribution in [1.82, 2.24) is 23.7 Å². The van der Waals surface area contributed by atoms with E-state index in [1.54, 1.807) is 24.1 Å². The number of ether oxygens (including phenoxy) is 1. The molecule has 0 saturated carbocycles. The lowest BCUT2D eigenvalue weighted by Gasteiger charge is -2.07. The Morgan fingerprint density at radius 1 is 1.13 bits per heavy atom. The molecule has 0 aliphatic heterocycles. The fourth-order valence-electron chi connectivity index (χ4n) is 2.45. The molecule has 23 heavy (non-hydrogen) atoms. The summed E-state index contributed by atoms with van der Waals surface area (Å²) in [6.45, 7) is 2.87. The molecule has 0 saturated heterocycles. The second-order valence-corrected chi connectivity index (χ2v) is 5.17. The zero-order valence-electron chi connectivity index (χ0n) is 13.2. The van der Waals surface area contributed by atoms with E-state index < -0.39 is 5.69 Å². The predicted octanol–water partition coefficient (Wildman–Crippen LogP) is 0.276. The number of imidazole rings is 1. The van der Waals surface area contributed by atoms with E-state index in [0.717, 1.165) is 10.3 Å². The first-order chi connectivity index (χ1) is 11.0. The quantitative estimate of drug-likeness (QED) is 0.690. The van der Waals surface area contributed by atoms with Crippen molar-refractivity contribution in [2.45, 2.75) is 13.5 Å². The van der Waals surface area contributed by atoms with Crippen LogP contribution in [0.2, 0.25) is 0 Å². The van der Waals surface area contributed by atoms with Crippen LogP contribution in [0.4, 0.5) is 0 Å². The van der Waals surface area contributed by atoms with Gasteiger partial charge in [-0.3, -0.25) is 18.9 Å². The van der Waals surface area contributed by atoms with Gasteiger partial charge in [0.25, 0.3) is 5.56 Å². The maximum atomic E-state index is 12.4. The van der Waals surface area contributed by atoms with Crippen molar-refractivity contribution in [2.24, 2.45) is 14.1 Å². The summed E-state index contributed by atoms with van der Waals surface area (Å²) >= 11 is 0. The fourth-order valence-corrected chi connectivity index (χ4v) is 2.45. The molecular weight excluding hydrogens is 298 g/mol. The maximum absolute atomic E-state index is 12.4. The summed E-state index contributed by atoms with van der Waals surface area (Å²) < 4.78 is 9.49. The van der Waals surface area contributed by atoms with Gasteiger partial charge in [0.1, 0.15) is 5.75 Å². The minimum Gasteiger partial charge on any atom is -0.492 e. The van der Waals surface area contributed by atoms with Gasteiger partial charge in [-0.05, 0) is 19.1 Å². The molecule has 0 atom stereocenters. The van der Waals surface area contributed by atoms with Crippen LogP contribution in [0.1, 0.15) is 12.6 Å². The molecule has 0 bridgehead atoms. The van der Waals surface area contributed by atoms with Crippen molar-refractivity contribution >= 4 is 11.2 Å². The Balaban J connectivity index is 2.04. The molecule has 3 heterocycles. The van der Waals surface area contributed by atoms with Gasteiger partial charge in [0.05, 0.1) is 31.4 Å². The predicted molar refractivity (Wildman–Crippen MR) is 84.7 cm³/mol. The van der Waals surface area contributed by atoms with Crippen LogP contribution in [-0.4, -0.2) is 30.3 Å². The van der Waals surface area contributed by atoms with Gasteiger partial charge in [-0.15, -0.1) is 0 Å². The number of hydrogen-bond donors (Lipinski definition) is 0. The van der Waals surface area contributed by atoms with Crippen molar-refractivity contribution in [2.75, 3.05) is 6.61 Å². The SMILES string of the molecule is CCOc1ccc(Cn2cnc3c2c(=O)n(C)c(=O)n3C)nc1. The molecule has 0 fully saturated rings. The third-order valence-electron chi connectivity index (χ3n) is 3.66. The topological polar surface area (TPSA) is 83.9 Å². The summed E-state index contributed by atoms with van der Waals surface area (Å²) in [5.41, 5.74) is 0.747. The number of nitrogens with zero attached hydrogens (tertiary/aromatic N) is 5. The van der Waals surface area contributed by atoms with Crippen LogP contribution in [0.15, 0.2) is 34.2 Å². The molecule has 0 spiro atoms. The highest BCUT2D eigenvalue weighted by atomic mass is 16.5. The average Bonchev–Trinajstić information content (AvgIpc) is 2.97. The van der Waals surface area contributed by atoms with Crippen molar-refractivity contribution in [3.63, 3.8) is 0 Å². The molecule has 0 radical (unpaired) electrons. The van der Waals surface area contributed by atoms with E-state index in [1.807, 2.05) is 19.1 Å². The number of rotatable bonds is 4. The summed E-state index contributed by atoms with van der Waals surface area (Å²) in [5.74, 6) is 0.699. The molecule has 8 nitrogen and oxygen atoms in total. The molecule has 0 N–H and O–H groups in total.